The van der Waals surface area contributed by atoms with E-state index in [1.54, 1.807) is 12.1 Å². The molecule has 0 spiro atoms. The number of non-ortho nitro benzene ring substituents is 1. The molecule has 1 N–H and O–H groups in total. The second-order valence-corrected chi connectivity index (χ2v) is 5.47. The van der Waals surface area contributed by atoms with Crippen molar-refractivity contribution in [2.75, 3.05) is 6.54 Å². The maximum absolute atomic E-state index is 10.7. The van der Waals surface area contributed by atoms with Crippen LogP contribution in [0.1, 0.15) is 24.2 Å². The Kier molecular flexibility index (Phi) is 4.34. The molecule has 1 aromatic carbocycles. The zero-order chi connectivity index (χ0) is 16.2. The first-order valence-corrected chi connectivity index (χ1v) is 7.54. The molecule has 0 amide bonds. The molecule has 23 heavy (non-hydrogen) atoms. The molecule has 0 aliphatic carbocycles. The Morgan fingerprint density at radius 2 is 2.04 bits per heavy atom. The van der Waals surface area contributed by atoms with Gasteiger partial charge in [0.2, 0.25) is 0 Å². The van der Waals surface area contributed by atoms with Gasteiger partial charge in [0.05, 0.1) is 10.6 Å². The summed E-state index contributed by atoms with van der Waals surface area (Å²) in [6, 6.07) is 12.7. The number of benzene rings is 1. The Labute approximate surface area is 133 Å². The van der Waals surface area contributed by atoms with Crippen LogP contribution in [0.4, 0.5) is 5.69 Å². The lowest BCUT2D eigenvalue weighted by molar-refractivity contribution is -0.384. The van der Waals surface area contributed by atoms with E-state index in [0.29, 0.717) is 0 Å². The van der Waals surface area contributed by atoms with Crippen LogP contribution in [0.25, 0.3) is 5.65 Å². The lowest BCUT2D eigenvalue weighted by Gasteiger charge is -2.13. The second-order valence-electron chi connectivity index (χ2n) is 5.47. The lowest BCUT2D eigenvalue weighted by atomic mass is 10.1. The van der Waals surface area contributed by atoms with Crippen LogP contribution in [0.3, 0.4) is 0 Å². The molecular formula is C17H18N4O2. The van der Waals surface area contributed by atoms with Crippen molar-refractivity contribution in [2.24, 2.45) is 0 Å². The molecule has 1 atom stereocenters. The van der Waals surface area contributed by atoms with E-state index in [1.165, 1.54) is 12.1 Å². The van der Waals surface area contributed by atoms with E-state index in [-0.39, 0.29) is 16.7 Å². The lowest BCUT2D eigenvalue weighted by Crippen LogP contribution is -2.21. The van der Waals surface area contributed by atoms with Gasteiger partial charge in [0.25, 0.3) is 5.69 Å². The molecule has 3 rings (SSSR count). The van der Waals surface area contributed by atoms with Crippen LogP contribution in [0.15, 0.2) is 54.9 Å². The Morgan fingerprint density at radius 1 is 1.26 bits per heavy atom. The summed E-state index contributed by atoms with van der Waals surface area (Å²) in [5.41, 5.74) is 3.14. The minimum absolute atomic E-state index is 0.116. The van der Waals surface area contributed by atoms with Gasteiger partial charge in [-0.1, -0.05) is 18.2 Å². The number of imidazole rings is 1. The average Bonchev–Trinajstić information content (AvgIpc) is 2.97. The molecule has 0 bridgehead atoms. The number of nitrogens with one attached hydrogen (secondary N) is 1. The third kappa shape index (κ3) is 3.54. The summed E-state index contributed by atoms with van der Waals surface area (Å²) in [5, 5.41) is 14.1. The van der Waals surface area contributed by atoms with E-state index >= 15 is 0 Å². The van der Waals surface area contributed by atoms with Crippen LogP contribution >= 0.6 is 0 Å². The van der Waals surface area contributed by atoms with Crippen LogP contribution in [-0.4, -0.2) is 20.9 Å². The molecule has 118 valence electrons. The maximum Gasteiger partial charge on any atom is 0.269 e. The molecule has 6 heteroatoms. The fourth-order valence-electron chi connectivity index (χ4n) is 2.53. The van der Waals surface area contributed by atoms with Crippen molar-refractivity contribution in [3.05, 3.63) is 76.2 Å². The number of hydrogen-bond donors (Lipinski definition) is 1. The van der Waals surface area contributed by atoms with E-state index in [1.807, 2.05) is 41.9 Å². The van der Waals surface area contributed by atoms with Gasteiger partial charge in [-0.05, 0) is 24.6 Å². The van der Waals surface area contributed by atoms with Crippen molar-refractivity contribution >= 4 is 11.3 Å². The SMILES string of the molecule is CC(NCCc1cn2ccccc2n1)c1ccc([N+](=O)[O-])cc1. The average molecular weight is 310 g/mol. The number of fused-ring (bicyclic) bond motifs is 1. The maximum atomic E-state index is 10.7. The van der Waals surface area contributed by atoms with Gasteiger partial charge in [0.1, 0.15) is 5.65 Å². The third-order valence-electron chi connectivity index (χ3n) is 3.85. The summed E-state index contributed by atoms with van der Waals surface area (Å²) >= 11 is 0. The molecule has 0 radical (unpaired) electrons. The van der Waals surface area contributed by atoms with Crippen molar-refractivity contribution in [1.82, 2.24) is 14.7 Å². The number of rotatable bonds is 6. The van der Waals surface area contributed by atoms with E-state index in [9.17, 15) is 10.1 Å². The van der Waals surface area contributed by atoms with E-state index in [0.717, 1.165) is 29.9 Å². The van der Waals surface area contributed by atoms with Gasteiger partial charge in [-0.3, -0.25) is 10.1 Å². The molecule has 0 fully saturated rings. The molecule has 1 unspecified atom stereocenters. The number of nitro benzene ring substituents is 1. The highest BCUT2D eigenvalue weighted by atomic mass is 16.6. The summed E-state index contributed by atoms with van der Waals surface area (Å²) in [5.74, 6) is 0. The van der Waals surface area contributed by atoms with Crippen molar-refractivity contribution in [1.29, 1.82) is 0 Å². The summed E-state index contributed by atoms with van der Waals surface area (Å²) in [4.78, 5) is 14.8. The number of hydrogen-bond acceptors (Lipinski definition) is 4. The van der Waals surface area contributed by atoms with Crippen LogP contribution < -0.4 is 5.32 Å². The number of nitro groups is 1. The Balaban J connectivity index is 1.56. The predicted molar refractivity (Wildman–Crippen MR) is 88.4 cm³/mol. The number of nitrogens with zero attached hydrogens (tertiary/aromatic N) is 3. The van der Waals surface area contributed by atoms with Gasteiger partial charge < -0.3 is 9.72 Å². The van der Waals surface area contributed by atoms with Crippen LogP contribution in [0.2, 0.25) is 0 Å². The number of aromatic nitrogens is 2. The Morgan fingerprint density at radius 3 is 2.74 bits per heavy atom. The van der Waals surface area contributed by atoms with Gasteiger partial charge in [-0.25, -0.2) is 4.98 Å². The van der Waals surface area contributed by atoms with Crippen LogP contribution in [-0.2, 0) is 6.42 Å². The zero-order valence-electron chi connectivity index (χ0n) is 12.8. The van der Waals surface area contributed by atoms with Crippen molar-refractivity contribution in [3.8, 4) is 0 Å². The first-order chi connectivity index (χ1) is 11.1. The van der Waals surface area contributed by atoms with Gasteiger partial charge in [-0.15, -0.1) is 0 Å². The van der Waals surface area contributed by atoms with Crippen LogP contribution in [0, 0.1) is 10.1 Å². The smallest absolute Gasteiger partial charge is 0.269 e. The van der Waals surface area contributed by atoms with E-state index in [4.69, 9.17) is 0 Å². The third-order valence-corrected chi connectivity index (χ3v) is 3.85. The summed E-state index contributed by atoms with van der Waals surface area (Å²) in [6.07, 6.45) is 4.85. The monoisotopic (exact) mass is 310 g/mol. The van der Waals surface area contributed by atoms with Gasteiger partial charge >= 0.3 is 0 Å². The molecule has 0 aliphatic rings. The fraction of sp³-hybridized carbons (Fsp3) is 0.235. The first kappa shape index (κ1) is 15.2. The molecule has 0 saturated heterocycles. The summed E-state index contributed by atoms with van der Waals surface area (Å²) in [6.45, 7) is 2.84. The van der Waals surface area contributed by atoms with Crippen molar-refractivity contribution < 1.29 is 4.92 Å². The van der Waals surface area contributed by atoms with Gasteiger partial charge in [-0.2, -0.15) is 0 Å². The van der Waals surface area contributed by atoms with Crippen molar-refractivity contribution in [3.63, 3.8) is 0 Å². The highest BCUT2D eigenvalue weighted by molar-refractivity contribution is 5.39. The van der Waals surface area contributed by atoms with Gasteiger partial charge in [0, 0.05) is 43.5 Å². The Bertz CT molecular complexity index is 778. The number of pyridine rings is 1. The minimum Gasteiger partial charge on any atom is -0.310 e. The highest BCUT2D eigenvalue weighted by Crippen LogP contribution is 2.17. The topological polar surface area (TPSA) is 72.5 Å². The molecule has 0 aliphatic heterocycles. The van der Waals surface area contributed by atoms with Crippen LogP contribution in [0.5, 0.6) is 0 Å². The van der Waals surface area contributed by atoms with E-state index in [2.05, 4.69) is 10.3 Å². The summed E-state index contributed by atoms with van der Waals surface area (Å²) < 4.78 is 2.01. The predicted octanol–water partition coefficient (Wildman–Crippen LogP) is 3.14. The van der Waals surface area contributed by atoms with Gasteiger partial charge in [0.15, 0.2) is 0 Å². The highest BCUT2D eigenvalue weighted by Gasteiger charge is 2.09. The van der Waals surface area contributed by atoms with E-state index < -0.39 is 0 Å². The molecule has 3 aromatic rings. The molecule has 2 aromatic heterocycles. The molecule has 2 heterocycles. The molecule has 0 saturated carbocycles. The first-order valence-electron chi connectivity index (χ1n) is 7.54. The largest absolute Gasteiger partial charge is 0.310 e. The normalized spacial score (nSPS) is 12.4. The molecule has 6 nitrogen and oxygen atoms in total. The fourth-order valence-corrected chi connectivity index (χ4v) is 2.53. The minimum atomic E-state index is -0.384. The van der Waals surface area contributed by atoms with Crippen molar-refractivity contribution in [2.45, 2.75) is 19.4 Å². The second kappa shape index (κ2) is 6.58. The standard InChI is InChI=1S/C17H18N4O2/c1-13(14-5-7-16(8-6-14)21(22)23)18-10-9-15-12-20-11-3-2-4-17(20)19-15/h2-8,11-13,18H,9-10H2,1H3. The molecular weight excluding hydrogens is 292 g/mol. The summed E-state index contributed by atoms with van der Waals surface area (Å²) in [7, 11) is 0. The zero-order valence-corrected chi connectivity index (χ0v) is 12.8. The Hall–Kier alpha value is -2.73. The quantitative estimate of drug-likeness (QED) is 0.561.